The molecule has 3 N–H and O–H groups in total. The van der Waals surface area contributed by atoms with Crippen LogP contribution >= 0.6 is 0 Å². The van der Waals surface area contributed by atoms with Crippen molar-refractivity contribution in [2.45, 2.75) is 32.7 Å². The van der Waals surface area contributed by atoms with E-state index in [-0.39, 0.29) is 5.84 Å². The van der Waals surface area contributed by atoms with E-state index >= 15 is 0 Å². The minimum Gasteiger partial charge on any atom is -0.382 e. The molecule has 2 atom stereocenters. The van der Waals surface area contributed by atoms with Crippen molar-refractivity contribution >= 4 is 11.5 Å². The largest absolute Gasteiger partial charge is 0.382 e. The lowest BCUT2D eigenvalue weighted by atomic mass is 9.93. The van der Waals surface area contributed by atoms with Crippen LogP contribution in [0.2, 0.25) is 0 Å². The van der Waals surface area contributed by atoms with E-state index in [0.717, 1.165) is 18.2 Å². The zero-order valence-electron chi connectivity index (χ0n) is 10.5. The van der Waals surface area contributed by atoms with E-state index in [0.29, 0.717) is 11.7 Å². The Morgan fingerprint density at radius 3 is 2.94 bits per heavy atom. The van der Waals surface area contributed by atoms with Crippen LogP contribution in [0.5, 0.6) is 0 Å². The van der Waals surface area contributed by atoms with Gasteiger partial charge in [-0.05, 0) is 37.8 Å². The molecule has 0 aliphatic carbocycles. The molecule has 4 heteroatoms. The maximum atomic E-state index is 7.59. The summed E-state index contributed by atoms with van der Waals surface area (Å²) in [5.74, 6) is 0.824. The highest BCUT2D eigenvalue weighted by Gasteiger charge is 2.25. The van der Waals surface area contributed by atoms with Gasteiger partial charge in [-0.15, -0.1) is 0 Å². The van der Waals surface area contributed by atoms with Crippen LogP contribution in [0.4, 0.5) is 5.69 Å². The Kier molecular flexibility index (Phi) is 3.31. The summed E-state index contributed by atoms with van der Waals surface area (Å²) in [5.41, 5.74) is 7.19. The molecule has 0 spiro atoms. The zero-order chi connectivity index (χ0) is 12.4. The minimum atomic E-state index is 0.0476. The second kappa shape index (κ2) is 4.73. The Bertz CT molecular complexity index is 416. The lowest BCUT2D eigenvalue weighted by Gasteiger charge is -2.38. The third-order valence-corrected chi connectivity index (χ3v) is 3.49. The first-order valence-corrected chi connectivity index (χ1v) is 6.15. The van der Waals surface area contributed by atoms with Gasteiger partial charge in [-0.3, -0.25) is 10.4 Å². The van der Waals surface area contributed by atoms with Crippen molar-refractivity contribution in [3.05, 3.63) is 24.0 Å². The van der Waals surface area contributed by atoms with Crippen LogP contribution in [0.25, 0.3) is 0 Å². The molecule has 2 rings (SSSR count). The molecular formula is C13H20N4. The van der Waals surface area contributed by atoms with E-state index in [1.807, 2.05) is 12.1 Å². The van der Waals surface area contributed by atoms with Crippen LogP contribution in [0.15, 0.2) is 18.3 Å². The molecule has 0 saturated carbocycles. The number of amidine groups is 1. The average molecular weight is 232 g/mol. The Balaban J connectivity index is 2.30. The third kappa shape index (κ3) is 2.40. The monoisotopic (exact) mass is 232 g/mol. The molecule has 0 amide bonds. The van der Waals surface area contributed by atoms with E-state index in [1.165, 1.54) is 12.8 Å². The van der Waals surface area contributed by atoms with Crippen LogP contribution in [-0.4, -0.2) is 23.4 Å². The SMILES string of the molecule is CC1CCN(c2cccnc2C(=N)N)C(C)C1. The van der Waals surface area contributed by atoms with Gasteiger partial charge in [0.05, 0.1) is 5.69 Å². The smallest absolute Gasteiger partial charge is 0.143 e. The number of hydrogen-bond donors (Lipinski definition) is 2. The minimum absolute atomic E-state index is 0.0476. The van der Waals surface area contributed by atoms with Crippen LogP contribution in [0.1, 0.15) is 32.4 Å². The lowest BCUT2D eigenvalue weighted by Crippen LogP contribution is -2.41. The fourth-order valence-corrected chi connectivity index (χ4v) is 2.60. The van der Waals surface area contributed by atoms with Crippen LogP contribution in [-0.2, 0) is 0 Å². The fraction of sp³-hybridized carbons (Fsp3) is 0.538. The second-order valence-electron chi connectivity index (χ2n) is 4.96. The van der Waals surface area contributed by atoms with Gasteiger partial charge in [0.2, 0.25) is 0 Å². The van der Waals surface area contributed by atoms with E-state index in [4.69, 9.17) is 11.1 Å². The molecule has 1 aromatic rings. The highest BCUT2D eigenvalue weighted by Crippen LogP contribution is 2.29. The first kappa shape index (κ1) is 11.9. The standard InChI is InChI=1S/C13H20N4/c1-9-5-7-17(10(2)8-9)11-4-3-6-16-12(11)13(14)15/h3-4,6,9-10H,5,7-8H2,1-2H3,(H3,14,15). The summed E-state index contributed by atoms with van der Waals surface area (Å²) in [6, 6.07) is 4.41. The normalized spacial score (nSPS) is 24.7. The number of anilines is 1. The molecule has 2 unspecified atom stereocenters. The molecule has 1 aliphatic heterocycles. The number of piperidine rings is 1. The third-order valence-electron chi connectivity index (χ3n) is 3.49. The predicted molar refractivity (Wildman–Crippen MR) is 70.5 cm³/mol. The van der Waals surface area contributed by atoms with E-state index in [9.17, 15) is 0 Å². The van der Waals surface area contributed by atoms with Crippen molar-refractivity contribution in [3.8, 4) is 0 Å². The quantitative estimate of drug-likeness (QED) is 0.605. The highest BCUT2D eigenvalue weighted by molar-refractivity contribution is 5.98. The van der Waals surface area contributed by atoms with E-state index in [1.54, 1.807) is 6.20 Å². The number of nitrogens with one attached hydrogen (secondary N) is 1. The first-order valence-electron chi connectivity index (χ1n) is 6.15. The number of nitrogen functional groups attached to an aromatic ring is 1. The summed E-state index contributed by atoms with van der Waals surface area (Å²) in [6.07, 6.45) is 4.07. The summed E-state index contributed by atoms with van der Waals surface area (Å²) in [7, 11) is 0. The Morgan fingerprint density at radius 1 is 1.53 bits per heavy atom. The summed E-state index contributed by atoms with van der Waals surface area (Å²) < 4.78 is 0. The van der Waals surface area contributed by atoms with Gasteiger partial charge in [0.25, 0.3) is 0 Å². The van der Waals surface area contributed by atoms with Gasteiger partial charge in [0, 0.05) is 18.8 Å². The number of hydrogen-bond acceptors (Lipinski definition) is 3. The van der Waals surface area contributed by atoms with Gasteiger partial charge in [-0.1, -0.05) is 6.92 Å². The van der Waals surface area contributed by atoms with Crippen molar-refractivity contribution in [3.63, 3.8) is 0 Å². The molecule has 17 heavy (non-hydrogen) atoms. The van der Waals surface area contributed by atoms with Gasteiger partial charge >= 0.3 is 0 Å². The second-order valence-corrected chi connectivity index (χ2v) is 4.96. The molecule has 1 aliphatic rings. The number of nitrogens with zero attached hydrogens (tertiary/aromatic N) is 2. The summed E-state index contributed by atoms with van der Waals surface area (Å²) in [4.78, 5) is 6.54. The van der Waals surface area contributed by atoms with E-state index < -0.39 is 0 Å². The molecule has 0 aromatic carbocycles. The van der Waals surface area contributed by atoms with Gasteiger partial charge in [-0.25, -0.2) is 0 Å². The molecule has 2 heterocycles. The van der Waals surface area contributed by atoms with E-state index in [2.05, 4.69) is 23.7 Å². The van der Waals surface area contributed by atoms with Crippen molar-refractivity contribution < 1.29 is 0 Å². The first-order chi connectivity index (χ1) is 8.09. The Labute approximate surface area is 102 Å². The van der Waals surface area contributed by atoms with Gasteiger partial charge in [0.15, 0.2) is 0 Å². The average Bonchev–Trinajstić information content (AvgIpc) is 2.29. The topological polar surface area (TPSA) is 66.0 Å². The van der Waals surface area contributed by atoms with Crippen LogP contribution in [0, 0.1) is 11.3 Å². The summed E-state index contributed by atoms with van der Waals surface area (Å²) in [6.45, 7) is 5.55. The van der Waals surface area contributed by atoms with Crippen molar-refractivity contribution in [1.82, 2.24) is 4.98 Å². The molecule has 1 aromatic heterocycles. The zero-order valence-corrected chi connectivity index (χ0v) is 10.5. The molecule has 0 radical (unpaired) electrons. The maximum Gasteiger partial charge on any atom is 0.143 e. The summed E-state index contributed by atoms with van der Waals surface area (Å²) >= 11 is 0. The van der Waals surface area contributed by atoms with Crippen molar-refractivity contribution in [2.24, 2.45) is 11.7 Å². The molecule has 92 valence electrons. The molecule has 0 bridgehead atoms. The van der Waals surface area contributed by atoms with Gasteiger partial charge in [0.1, 0.15) is 11.5 Å². The Hall–Kier alpha value is -1.58. The maximum absolute atomic E-state index is 7.59. The molecule has 4 nitrogen and oxygen atoms in total. The predicted octanol–water partition coefficient (Wildman–Crippen LogP) is 1.99. The highest BCUT2D eigenvalue weighted by atomic mass is 15.2. The number of nitrogens with two attached hydrogens (primary N) is 1. The fourth-order valence-electron chi connectivity index (χ4n) is 2.60. The Morgan fingerprint density at radius 2 is 2.29 bits per heavy atom. The van der Waals surface area contributed by atoms with Crippen molar-refractivity contribution in [1.29, 1.82) is 5.41 Å². The van der Waals surface area contributed by atoms with Crippen LogP contribution in [0.3, 0.4) is 0 Å². The van der Waals surface area contributed by atoms with Crippen molar-refractivity contribution in [2.75, 3.05) is 11.4 Å². The number of aromatic nitrogens is 1. The number of pyridine rings is 1. The lowest BCUT2D eigenvalue weighted by molar-refractivity contribution is 0.377. The molecule has 1 fully saturated rings. The number of rotatable bonds is 2. The molecule has 1 saturated heterocycles. The molecular weight excluding hydrogens is 212 g/mol. The van der Waals surface area contributed by atoms with Crippen LogP contribution < -0.4 is 10.6 Å². The van der Waals surface area contributed by atoms with Gasteiger partial charge < -0.3 is 10.6 Å². The summed E-state index contributed by atoms with van der Waals surface area (Å²) in [5, 5.41) is 7.59. The van der Waals surface area contributed by atoms with Gasteiger partial charge in [-0.2, -0.15) is 0 Å².